The van der Waals surface area contributed by atoms with Gasteiger partial charge < -0.3 is 24.5 Å². The molecule has 3 unspecified atom stereocenters. The van der Waals surface area contributed by atoms with E-state index in [1.165, 1.54) is 12.5 Å². The van der Waals surface area contributed by atoms with Crippen LogP contribution in [0.2, 0.25) is 0 Å². The summed E-state index contributed by atoms with van der Waals surface area (Å²) in [6, 6.07) is 4.01. The van der Waals surface area contributed by atoms with Crippen LogP contribution in [0.1, 0.15) is 50.8 Å². The molecule has 0 amide bonds. The van der Waals surface area contributed by atoms with Gasteiger partial charge >= 0.3 is 5.97 Å². The van der Waals surface area contributed by atoms with Gasteiger partial charge in [0.05, 0.1) is 14.2 Å². The summed E-state index contributed by atoms with van der Waals surface area (Å²) in [5.41, 5.74) is 2.31. The number of rotatable bonds is 5. The Morgan fingerprint density at radius 2 is 1.90 bits per heavy atom. The normalized spacial score (nSPS) is 26.0. The Morgan fingerprint density at radius 3 is 2.45 bits per heavy atom. The van der Waals surface area contributed by atoms with Crippen molar-refractivity contribution >= 4 is 5.97 Å². The number of piperidine rings is 1. The number of benzene rings is 1. The highest BCUT2D eigenvalue weighted by molar-refractivity contribution is 5.66. The van der Waals surface area contributed by atoms with E-state index < -0.39 is 11.8 Å². The predicted molar refractivity (Wildman–Crippen MR) is 108 cm³/mol. The molecule has 8 nitrogen and oxygen atoms in total. The molecule has 3 rings (SSSR count). The summed E-state index contributed by atoms with van der Waals surface area (Å²) in [7, 11) is 3.26. The molecule has 2 aliphatic heterocycles. The minimum atomic E-state index is -1.45. The van der Waals surface area contributed by atoms with Crippen LogP contribution < -0.4 is 15.4 Å². The van der Waals surface area contributed by atoms with Crippen molar-refractivity contribution in [1.82, 2.24) is 4.90 Å². The lowest BCUT2D eigenvalue weighted by atomic mass is 9.77. The first-order chi connectivity index (χ1) is 13.8. The first kappa shape index (κ1) is 23.4. The molecule has 1 aromatic carbocycles. The maximum absolute atomic E-state index is 11.7. The van der Waals surface area contributed by atoms with Crippen molar-refractivity contribution in [3.05, 3.63) is 23.3 Å². The molecular weight excluding hydrogens is 376 g/mol. The van der Waals surface area contributed by atoms with E-state index in [1.54, 1.807) is 14.2 Å². The van der Waals surface area contributed by atoms with Gasteiger partial charge in [-0.1, -0.05) is 13.8 Å². The van der Waals surface area contributed by atoms with Crippen molar-refractivity contribution in [2.45, 2.75) is 51.9 Å². The molecule has 3 atom stereocenters. The Balaban J connectivity index is 0.00000145. The zero-order valence-electron chi connectivity index (χ0n) is 18.0. The number of fused-ring (bicyclic) bond motifs is 3. The van der Waals surface area contributed by atoms with Gasteiger partial charge in [0, 0.05) is 38.4 Å². The highest BCUT2D eigenvalue weighted by atomic mass is 16.7. The van der Waals surface area contributed by atoms with E-state index in [9.17, 15) is 9.90 Å². The number of nitrogens with two attached hydrogens (primary N) is 1. The molecule has 1 fully saturated rings. The average Bonchev–Trinajstić information content (AvgIpc) is 2.68. The minimum Gasteiger partial charge on any atom is -0.493 e. The van der Waals surface area contributed by atoms with Crippen LogP contribution in [-0.4, -0.2) is 54.3 Å². The zero-order valence-corrected chi connectivity index (χ0v) is 18.0. The van der Waals surface area contributed by atoms with Crippen LogP contribution in [0, 0.1) is 11.8 Å². The third-order valence-corrected chi connectivity index (χ3v) is 5.77. The highest BCUT2D eigenvalue weighted by Crippen LogP contribution is 2.47. The van der Waals surface area contributed by atoms with E-state index in [0.29, 0.717) is 30.4 Å². The number of methoxy groups -OCH3 is 2. The summed E-state index contributed by atoms with van der Waals surface area (Å²) >= 11 is 0. The zero-order chi connectivity index (χ0) is 21.8. The lowest BCUT2D eigenvalue weighted by Gasteiger charge is -2.50. The van der Waals surface area contributed by atoms with Crippen molar-refractivity contribution in [3.8, 4) is 11.5 Å². The van der Waals surface area contributed by atoms with E-state index in [4.69, 9.17) is 19.4 Å². The second-order valence-electron chi connectivity index (χ2n) is 8.14. The van der Waals surface area contributed by atoms with E-state index >= 15 is 0 Å². The quantitative estimate of drug-likeness (QED) is 0.385. The molecule has 0 spiro atoms. The molecule has 0 saturated carbocycles. The number of ether oxygens (including phenoxy) is 3. The van der Waals surface area contributed by atoms with Gasteiger partial charge in [0.2, 0.25) is 5.79 Å². The topological polar surface area (TPSA) is 114 Å². The molecule has 0 aromatic heterocycles. The molecule has 1 saturated heterocycles. The maximum Gasteiger partial charge on any atom is 0.305 e. The third-order valence-electron chi connectivity index (χ3n) is 5.77. The van der Waals surface area contributed by atoms with Crippen molar-refractivity contribution in [1.29, 1.82) is 0 Å². The van der Waals surface area contributed by atoms with Gasteiger partial charge in [-0.25, -0.2) is 5.90 Å². The van der Waals surface area contributed by atoms with Gasteiger partial charge in [-0.2, -0.15) is 0 Å². The Morgan fingerprint density at radius 1 is 1.28 bits per heavy atom. The van der Waals surface area contributed by atoms with E-state index in [0.717, 1.165) is 24.9 Å². The fourth-order valence-electron chi connectivity index (χ4n) is 4.61. The standard InChI is InChI=1S/C21H31NO5.H3NO/c1-13(2)8-16-12-22-7-6-15-9-19(25-4)20(26-5)10-17(15)18(22)11-21(16,24)27-14(3)23;1-2/h9-10,13,16,18,24H,6-8,11-12H2,1-5H3;2H,1H2. The molecule has 2 aliphatic rings. The summed E-state index contributed by atoms with van der Waals surface area (Å²) in [6.45, 7) is 7.24. The summed E-state index contributed by atoms with van der Waals surface area (Å²) in [5, 5.41) is 17.8. The van der Waals surface area contributed by atoms with Gasteiger partial charge in [0.25, 0.3) is 0 Å². The Labute approximate surface area is 172 Å². The highest BCUT2D eigenvalue weighted by Gasteiger charge is 2.50. The van der Waals surface area contributed by atoms with Gasteiger partial charge in [-0.15, -0.1) is 0 Å². The van der Waals surface area contributed by atoms with Gasteiger partial charge in [0.15, 0.2) is 11.5 Å². The maximum atomic E-state index is 11.7. The van der Waals surface area contributed by atoms with Crippen molar-refractivity contribution in [2.24, 2.45) is 17.7 Å². The summed E-state index contributed by atoms with van der Waals surface area (Å²) < 4.78 is 16.4. The Kier molecular flexibility index (Phi) is 7.87. The molecule has 1 aromatic rings. The lowest BCUT2D eigenvalue weighted by Crippen LogP contribution is -2.56. The summed E-state index contributed by atoms with van der Waals surface area (Å²) in [6.07, 6.45) is 2.10. The largest absolute Gasteiger partial charge is 0.493 e. The van der Waals surface area contributed by atoms with Gasteiger partial charge in [-0.3, -0.25) is 9.69 Å². The Hall–Kier alpha value is -1.87. The number of aliphatic hydroxyl groups is 1. The van der Waals surface area contributed by atoms with E-state index in [-0.39, 0.29) is 12.0 Å². The molecule has 8 heteroatoms. The number of esters is 1. The first-order valence-corrected chi connectivity index (χ1v) is 9.94. The molecule has 0 aliphatic carbocycles. The number of hydrogen-bond acceptors (Lipinski definition) is 8. The van der Waals surface area contributed by atoms with Crippen molar-refractivity contribution in [2.75, 3.05) is 27.3 Å². The predicted octanol–water partition coefficient (Wildman–Crippen LogP) is 2.25. The van der Waals surface area contributed by atoms with Crippen LogP contribution in [-0.2, 0) is 16.0 Å². The molecular formula is C21H34N2O6. The summed E-state index contributed by atoms with van der Waals surface area (Å²) in [4.78, 5) is 14.1. The number of nitrogens with zero attached hydrogens (tertiary/aromatic N) is 1. The molecule has 0 radical (unpaired) electrons. The van der Waals surface area contributed by atoms with Crippen LogP contribution in [0.25, 0.3) is 0 Å². The van der Waals surface area contributed by atoms with Crippen LogP contribution >= 0.6 is 0 Å². The number of hydrogen-bond donors (Lipinski definition) is 3. The Bertz CT molecular complexity index is 711. The third kappa shape index (κ3) is 5.01. The number of carbonyl (C=O) groups excluding carboxylic acids is 1. The molecule has 2 heterocycles. The van der Waals surface area contributed by atoms with Gasteiger partial charge in [0.1, 0.15) is 0 Å². The van der Waals surface area contributed by atoms with Crippen LogP contribution in [0.15, 0.2) is 12.1 Å². The van der Waals surface area contributed by atoms with E-state index in [1.807, 2.05) is 12.1 Å². The molecule has 4 N–H and O–H groups in total. The van der Waals surface area contributed by atoms with Crippen molar-refractivity contribution < 1.29 is 29.3 Å². The molecule has 0 bridgehead atoms. The second kappa shape index (κ2) is 9.75. The second-order valence-corrected chi connectivity index (χ2v) is 8.14. The fraction of sp³-hybridized carbons (Fsp3) is 0.667. The number of carbonyl (C=O) groups is 1. The van der Waals surface area contributed by atoms with Crippen LogP contribution in [0.3, 0.4) is 0 Å². The van der Waals surface area contributed by atoms with Crippen LogP contribution in [0.4, 0.5) is 0 Å². The molecule has 29 heavy (non-hydrogen) atoms. The van der Waals surface area contributed by atoms with Crippen LogP contribution in [0.5, 0.6) is 11.5 Å². The average molecular weight is 411 g/mol. The van der Waals surface area contributed by atoms with Crippen molar-refractivity contribution in [3.63, 3.8) is 0 Å². The smallest absolute Gasteiger partial charge is 0.305 e. The summed E-state index contributed by atoms with van der Waals surface area (Å²) in [5.74, 6) is 3.32. The van der Waals surface area contributed by atoms with E-state index in [2.05, 4.69) is 24.6 Å². The fourth-order valence-corrected chi connectivity index (χ4v) is 4.61. The first-order valence-electron chi connectivity index (χ1n) is 9.94. The molecule has 164 valence electrons. The monoisotopic (exact) mass is 410 g/mol. The SMILES string of the molecule is COc1cc2c(cc1OC)C1CC(O)(OC(C)=O)C(CC(C)C)CN1CC2.NO. The minimum absolute atomic E-state index is 0.0127. The lowest BCUT2D eigenvalue weighted by molar-refractivity contribution is -0.258. The van der Waals surface area contributed by atoms with Gasteiger partial charge in [-0.05, 0) is 42.0 Å².